The Kier molecular flexibility index (Phi) is 3.94. The summed E-state index contributed by atoms with van der Waals surface area (Å²) in [5.74, 6) is 0. The second kappa shape index (κ2) is 6.14. The molecule has 1 fully saturated rings. The molecule has 0 amide bonds. The quantitative estimate of drug-likeness (QED) is 0.654. The fourth-order valence-corrected chi connectivity index (χ4v) is 4.58. The predicted octanol–water partition coefficient (Wildman–Crippen LogP) is 4.41. The van der Waals surface area contributed by atoms with E-state index >= 15 is 0 Å². The Balaban J connectivity index is 1.54. The normalized spacial score (nSPS) is 19.6. The summed E-state index contributed by atoms with van der Waals surface area (Å²) in [7, 11) is -3.41. The van der Waals surface area contributed by atoms with Crippen LogP contribution >= 0.6 is 0 Å². The van der Waals surface area contributed by atoms with Crippen LogP contribution in [0.15, 0.2) is 83.8 Å². The van der Waals surface area contributed by atoms with E-state index in [-0.39, 0.29) is 6.04 Å². The average molecular weight is 349 g/mol. The van der Waals surface area contributed by atoms with E-state index in [9.17, 15) is 8.42 Å². The zero-order chi connectivity index (χ0) is 17.4. The molecule has 4 heteroatoms. The molecule has 25 heavy (non-hydrogen) atoms. The zero-order valence-corrected chi connectivity index (χ0v) is 14.8. The van der Waals surface area contributed by atoms with E-state index in [4.69, 9.17) is 0 Å². The topological polar surface area (TPSA) is 37.1 Å². The molecule has 3 aromatic rings. The molecular formula is C21H19NO2S. The van der Waals surface area contributed by atoms with Gasteiger partial charge < -0.3 is 0 Å². The number of hydrogen-bond acceptors (Lipinski definition) is 2. The van der Waals surface area contributed by atoms with Gasteiger partial charge in [0.1, 0.15) is 0 Å². The molecule has 3 aromatic carbocycles. The molecule has 0 bridgehead atoms. The molecule has 2 unspecified atom stereocenters. The molecule has 0 radical (unpaired) electrons. The number of aryl methyl sites for hydroxylation is 1. The first kappa shape index (κ1) is 16.1. The average Bonchev–Trinajstić information content (AvgIpc) is 3.45. The molecule has 2 atom stereocenters. The van der Waals surface area contributed by atoms with Crippen LogP contribution in [0.1, 0.15) is 17.2 Å². The molecule has 0 spiro atoms. The highest BCUT2D eigenvalue weighted by Crippen LogP contribution is 2.40. The Morgan fingerprint density at radius 1 is 0.800 bits per heavy atom. The van der Waals surface area contributed by atoms with Crippen molar-refractivity contribution in [3.63, 3.8) is 0 Å². The SMILES string of the molecule is Cc1ccc(S(=O)(=O)N2CC2c2ccc(-c3ccccc3)cc2)cc1. The highest BCUT2D eigenvalue weighted by atomic mass is 32.2. The smallest absolute Gasteiger partial charge is 0.207 e. The van der Waals surface area contributed by atoms with E-state index < -0.39 is 10.0 Å². The van der Waals surface area contributed by atoms with Gasteiger partial charge in [-0.1, -0.05) is 72.3 Å². The molecule has 1 saturated heterocycles. The summed E-state index contributed by atoms with van der Waals surface area (Å²) in [6.07, 6.45) is 0. The lowest BCUT2D eigenvalue weighted by Gasteiger charge is -2.08. The van der Waals surface area contributed by atoms with Crippen molar-refractivity contribution in [2.75, 3.05) is 6.54 Å². The second-order valence-corrected chi connectivity index (χ2v) is 8.28. The van der Waals surface area contributed by atoms with Gasteiger partial charge in [-0.25, -0.2) is 8.42 Å². The molecule has 0 saturated carbocycles. The van der Waals surface area contributed by atoms with E-state index in [0.29, 0.717) is 11.4 Å². The maximum atomic E-state index is 12.7. The van der Waals surface area contributed by atoms with Crippen LogP contribution in [0.25, 0.3) is 11.1 Å². The van der Waals surface area contributed by atoms with Crippen molar-refractivity contribution in [3.8, 4) is 11.1 Å². The summed E-state index contributed by atoms with van der Waals surface area (Å²) in [6.45, 7) is 2.49. The van der Waals surface area contributed by atoms with Gasteiger partial charge in [0.05, 0.1) is 10.9 Å². The lowest BCUT2D eigenvalue weighted by molar-refractivity contribution is 0.554. The first-order valence-electron chi connectivity index (χ1n) is 8.29. The fraction of sp³-hybridized carbons (Fsp3) is 0.143. The summed E-state index contributed by atoms with van der Waals surface area (Å²) in [6, 6.07) is 25.3. The van der Waals surface area contributed by atoms with Crippen LogP contribution in [0.3, 0.4) is 0 Å². The molecule has 3 nitrogen and oxygen atoms in total. The summed E-state index contributed by atoms with van der Waals surface area (Å²) < 4.78 is 27.0. The lowest BCUT2D eigenvalue weighted by Crippen LogP contribution is -2.12. The number of sulfonamides is 1. The third-order valence-electron chi connectivity index (χ3n) is 4.60. The predicted molar refractivity (Wildman–Crippen MR) is 99.7 cm³/mol. The third-order valence-corrected chi connectivity index (χ3v) is 6.49. The van der Waals surface area contributed by atoms with Crippen molar-refractivity contribution in [2.45, 2.75) is 17.9 Å². The van der Waals surface area contributed by atoms with E-state index in [0.717, 1.165) is 22.3 Å². The number of hydrogen-bond donors (Lipinski definition) is 0. The van der Waals surface area contributed by atoms with E-state index in [1.54, 1.807) is 16.4 Å². The summed E-state index contributed by atoms with van der Waals surface area (Å²) in [5.41, 5.74) is 4.39. The molecule has 0 N–H and O–H groups in total. The van der Waals surface area contributed by atoms with Crippen LogP contribution in [-0.2, 0) is 10.0 Å². The van der Waals surface area contributed by atoms with Crippen LogP contribution in [0.4, 0.5) is 0 Å². The van der Waals surface area contributed by atoms with Gasteiger partial charge in [0, 0.05) is 6.54 Å². The first-order valence-corrected chi connectivity index (χ1v) is 9.73. The van der Waals surface area contributed by atoms with Crippen LogP contribution in [0, 0.1) is 6.92 Å². The van der Waals surface area contributed by atoms with Crippen molar-refractivity contribution in [3.05, 3.63) is 90.0 Å². The van der Waals surface area contributed by atoms with Crippen molar-refractivity contribution in [2.24, 2.45) is 0 Å². The lowest BCUT2D eigenvalue weighted by atomic mass is 10.0. The Hall–Kier alpha value is -2.43. The fourth-order valence-electron chi connectivity index (χ4n) is 3.03. The van der Waals surface area contributed by atoms with Gasteiger partial charge in [0.2, 0.25) is 10.0 Å². The Morgan fingerprint density at radius 2 is 1.40 bits per heavy atom. The number of rotatable bonds is 4. The summed E-state index contributed by atoms with van der Waals surface area (Å²) in [5, 5.41) is 0. The minimum atomic E-state index is -3.41. The Morgan fingerprint density at radius 3 is 2.04 bits per heavy atom. The van der Waals surface area contributed by atoms with Gasteiger partial charge in [-0.05, 0) is 35.7 Å². The third kappa shape index (κ3) is 3.11. The van der Waals surface area contributed by atoms with Gasteiger partial charge in [0.15, 0.2) is 0 Å². The van der Waals surface area contributed by atoms with Crippen molar-refractivity contribution in [1.29, 1.82) is 0 Å². The summed E-state index contributed by atoms with van der Waals surface area (Å²) in [4.78, 5) is 0.363. The van der Waals surface area contributed by atoms with Crippen molar-refractivity contribution >= 4 is 10.0 Å². The minimum absolute atomic E-state index is 0.0591. The molecule has 0 aliphatic carbocycles. The first-order chi connectivity index (χ1) is 12.1. The summed E-state index contributed by atoms with van der Waals surface area (Å²) >= 11 is 0. The van der Waals surface area contributed by atoms with Gasteiger partial charge in [-0.15, -0.1) is 0 Å². The Bertz CT molecular complexity index is 978. The van der Waals surface area contributed by atoms with Gasteiger partial charge in [0.25, 0.3) is 0 Å². The van der Waals surface area contributed by atoms with E-state index in [2.05, 4.69) is 24.3 Å². The number of nitrogens with zero attached hydrogens (tertiary/aromatic N) is 1. The largest absolute Gasteiger partial charge is 0.243 e. The second-order valence-electron chi connectivity index (χ2n) is 6.39. The van der Waals surface area contributed by atoms with Gasteiger partial charge in [-0.3, -0.25) is 0 Å². The van der Waals surface area contributed by atoms with Crippen LogP contribution < -0.4 is 0 Å². The monoisotopic (exact) mass is 349 g/mol. The van der Waals surface area contributed by atoms with Crippen molar-refractivity contribution < 1.29 is 8.42 Å². The standard InChI is InChI=1S/C21H19NO2S/c1-16-7-13-20(14-8-16)25(23,24)22-15-21(22)19-11-9-18(10-12-19)17-5-3-2-4-6-17/h2-14,21H,15H2,1H3. The highest BCUT2D eigenvalue weighted by Gasteiger charge is 2.45. The highest BCUT2D eigenvalue weighted by molar-refractivity contribution is 7.89. The maximum Gasteiger partial charge on any atom is 0.243 e. The molecule has 4 rings (SSSR count). The van der Waals surface area contributed by atoms with Crippen LogP contribution in [-0.4, -0.2) is 19.3 Å². The molecule has 1 aliphatic rings. The zero-order valence-electron chi connectivity index (χ0n) is 14.0. The maximum absolute atomic E-state index is 12.7. The Labute approximate surface area is 148 Å². The van der Waals surface area contributed by atoms with Crippen molar-refractivity contribution in [1.82, 2.24) is 4.31 Å². The molecule has 1 heterocycles. The number of benzene rings is 3. The molecule has 1 aliphatic heterocycles. The van der Waals surface area contributed by atoms with Crippen LogP contribution in [0.2, 0.25) is 0 Å². The van der Waals surface area contributed by atoms with E-state index in [1.165, 1.54) is 0 Å². The van der Waals surface area contributed by atoms with Gasteiger partial charge in [-0.2, -0.15) is 4.31 Å². The van der Waals surface area contributed by atoms with Gasteiger partial charge >= 0.3 is 0 Å². The molecular weight excluding hydrogens is 330 g/mol. The molecule has 126 valence electrons. The minimum Gasteiger partial charge on any atom is -0.207 e. The molecule has 0 aromatic heterocycles. The van der Waals surface area contributed by atoms with E-state index in [1.807, 2.05) is 49.4 Å². The van der Waals surface area contributed by atoms with Crippen LogP contribution in [0.5, 0.6) is 0 Å².